The number of Topliss-reactive ketones (excluding diaryl/α,β-unsaturated/α-hetero) is 1. The minimum Gasteiger partial charge on any atom is -0.381 e. The first kappa shape index (κ1) is 14.1. The number of halogens is 3. The molecule has 1 fully saturated rings. The Hall–Kier alpha value is -1.36. The van der Waals surface area contributed by atoms with Crippen LogP contribution in [-0.4, -0.2) is 19.0 Å². The Kier molecular flexibility index (Phi) is 4.24. The predicted octanol–water partition coefficient (Wildman–Crippen LogP) is 3.24. The molecular weight excluding hydrogens is 257 g/mol. The highest BCUT2D eigenvalue weighted by Crippen LogP contribution is 2.29. The summed E-state index contributed by atoms with van der Waals surface area (Å²) in [4.78, 5) is 12.0. The van der Waals surface area contributed by atoms with Crippen LogP contribution in [0.1, 0.15) is 24.0 Å². The summed E-state index contributed by atoms with van der Waals surface area (Å²) >= 11 is 0. The molecule has 5 heteroatoms. The Labute approximate surface area is 109 Å². The van der Waals surface area contributed by atoms with Crippen LogP contribution in [0.3, 0.4) is 0 Å². The maximum Gasteiger partial charge on any atom is 0.416 e. The molecule has 0 aromatic heterocycles. The zero-order valence-electron chi connectivity index (χ0n) is 10.4. The highest BCUT2D eigenvalue weighted by Gasteiger charge is 2.30. The van der Waals surface area contributed by atoms with Gasteiger partial charge in [-0.3, -0.25) is 4.79 Å². The number of benzene rings is 1. The van der Waals surface area contributed by atoms with Gasteiger partial charge in [-0.2, -0.15) is 13.2 Å². The number of alkyl halides is 3. The molecule has 0 radical (unpaired) electrons. The molecule has 1 saturated heterocycles. The molecule has 0 bridgehead atoms. The Morgan fingerprint density at radius 3 is 2.26 bits per heavy atom. The molecular formula is C14H15F3O2. The van der Waals surface area contributed by atoms with E-state index in [1.807, 2.05) is 0 Å². The maximum atomic E-state index is 12.4. The number of hydrogen-bond acceptors (Lipinski definition) is 2. The molecule has 1 aliphatic heterocycles. The number of hydrogen-bond donors (Lipinski definition) is 0. The normalized spacial score (nSPS) is 17.4. The lowest BCUT2D eigenvalue weighted by molar-refractivity contribution is -0.137. The van der Waals surface area contributed by atoms with Crippen LogP contribution in [0.2, 0.25) is 0 Å². The molecule has 0 atom stereocenters. The Balaban J connectivity index is 1.97. The van der Waals surface area contributed by atoms with Crippen molar-refractivity contribution in [3.8, 4) is 0 Å². The van der Waals surface area contributed by atoms with E-state index in [0.717, 1.165) is 12.1 Å². The van der Waals surface area contributed by atoms with Crippen LogP contribution in [-0.2, 0) is 22.1 Å². The summed E-state index contributed by atoms with van der Waals surface area (Å²) in [7, 11) is 0. The second-order valence-corrected chi connectivity index (χ2v) is 4.72. The van der Waals surface area contributed by atoms with Gasteiger partial charge in [0.05, 0.1) is 5.56 Å². The molecule has 0 aliphatic carbocycles. The van der Waals surface area contributed by atoms with Crippen LogP contribution < -0.4 is 0 Å². The van der Waals surface area contributed by atoms with Gasteiger partial charge in [-0.15, -0.1) is 0 Å². The van der Waals surface area contributed by atoms with Gasteiger partial charge in [0.25, 0.3) is 0 Å². The van der Waals surface area contributed by atoms with Gasteiger partial charge in [0.15, 0.2) is 0 Å². The molecule has 0 N–H and O–H groups in total. The summed E-state index contributed by atoms with van der Waals surface area (Å²) < 4.78 is 42.4. The van der Waals surface area contributed by atoms with E-state index in [9.17, 15) is 18.0 Å². The smallest absolute Gasteiger partial charge is 0.381 e. The summed E-state index contributed by atoms with van der Waals surface area (Å²) in [6.45, 7) is 1.17. The monoisotopic (exact) mass is 272 g/mol. The van der Waals surface area contributed by atoms with E-state index in [2.05, 4.69) is 0 Å². The van der Waals surface area contributed by atoms with Gasteiger partial charge in [-0.25, -0.2) is 0 Å². The predicted molar refractivity (Wildman–Crippen MR) is 63.7 cm³/mol. The lowest BCUT2D eigenvalue weighted by atomic mass is 9.91. The van der Waals surface area contributed by atoms with E-state index in [-0.39, 0.29) is 18.1 Å². The van der Waals surface area contributed by atoms with Gasteiger partial charge in [0, 0.05) is 25.6 Å². The Bertz CT molecular complexity index is 431. The quantitative estimate of drug-likeness (QED) is 0.844. The third-order valence-corrected chi connectivity index (χ3v) is 3.34. The number of ketones is 1. The van der Waals surface area contributed by atoms with Crippen LogP contribution in [0.25, 0.3) is 0 Å². The minimum atomic E-state index is -4.33. The first-order valence-electron chi connectivity index (χ1n) is 6.23. The Morgan fingerprint density at radius 1 is 1.16 bits per heavy atom. The van der Waals surface area contributed by atoms with Crippen molar-refractivity contribution in [3.63, 3.8) is 0 Å². The van der Waals surface area contributed by atoms with E-state index < -0.39 is 11.7 Å². The molecule has 2 nitrogen and oxygen atoms in total. The SMILES string of the molecule is O=C(Cc1ccc(C(F)(F)F)cc1)C1CCOCC1. The third-order valence-electron chi connectivity index (χ3n) is 3.34. The molecule has 2 rings (SSSR count). The van der Waals surface area contributed by atoms with Crippen molar-refractivity contribution in [3.05, 3.63) is 35.4 Å². The average Bonchev–Trinajstić information content (AvgIpc) is 2.39. The molecule has 0 amide bonds. The van der Waals surface area contributed by atoms with Crippen molar-refractivity contribution in [1.82, 2.24) is 0 Å². The van der Waals surface area contributed by atoms with E-state index in [4.69, 9.17) is 4.74 Å². The van der Waals surface area contributed by atoms with Crippen LogP contribution in [0, 0.1) is 5.92 Å². The number of rotatable bonds is 3. The lowest BCUT2D eigenvalue weighted by Crippen LogP contribution is -2.24. The topological polar surface area (TPSA) is 26.3 Å². The van der Waals surface area contributed by atoms with Gasteiger partial charge >= 0.3 is 6.18 Å². The van der Waals surface area contributed by atoms with E-state index >= 15 is 0 Å². The van der Waals surface area contributed by atoms with Crippen molar-refractivity contribution in [1.29, 1.82) is 0 Å². The van der Waals surface area contributed by atoms with Gasteiger partial charge in [0.1, 0.15) is 5.78 Å². The minimum absolute atomic E-state index is 0.0176. The zero-order valence-corrected chi connectivity index (χ0v) is 10.4. The lowest BCUT2D eigenvalue weighted by Gasteiger charge is -2.20. The fourth-order valence-electron chi connectivity index (χ4n) is 2.18. The molecule has 0 spiro atoms. The van der Waals surface area contributed by atoms with Gasteiger partial charge < -0.3 is 4.74 Å². The number of carbonyl (C=O) groups excluding carboxylic acids is 1. The van der Waals surface area contributed by atoms with Crippen LogP contribution >= 0.6 is 0 Å². The molecule has 19 heavy (non-hydrogen) atoms. The fraction of sp³-hybridized carbons (Fsp3) is 0.500. The highest BCUT2D eigenvalue weighted by molar-refractivity contribution is 5.83. The number of carbonyl (C=O) groups is 1. The van der Waals surface area contributed by atoms with E-state index in [1.54, 1.807) is 0 Å². The van der Waals surface area contributed by atoms with Crippen LogP contribution in [0.4, 0.5) is 13.2 Å². The van der Waals surface area contributed by atoms with Crippen molar-refractivity contribution in [2.24, 2.45) is 5.92 Å². The molecule has 1 heterocycles. The van der Waals surface area contributed by atoms with Gasteiger partial charge in [-0.1, -0.05) is 12.1 Å². The Morgan fingerprint density at radius 2 is 1.74 bits per heavy atom. The second kappa shape index (κ2) is 5.74. The summed E-state index contributed by atoms with van der Waals surface area (Å²) in [5, 5.41) is 0. The largest absolute Gasteiger partial charge is 0.416 e. The summed E-state index contributed by atoms with van der Waals surface area (Å²) in [5.41, 5.74) is -0.0562. The van der Waals surface area contributed by atoms with Crippen LogP contribution in [0.5, 0.6) is 0 Å². The molecule has 0 saturated carbocycles. The summed E-state index contributed by atoms with van der Waals surface area (Å²) in [6, 6.07) is 4.79. The summed E-state index contributed by atoms with van der Waals surface area (Å²) in [6.07, 6.45) is -2.72. The highest BCUT2D eigenvalue weighted by atomic mass is 19.4. The average molecular weight is 272 g/mol. The third kappa shape index (κ3) is 3.80. The maximum absolute atomic E-state index is 12.4. The first-order valence-corrected chi connectivity index (χ1v) is 6.23. The van der Waals surface area contributed by atoms with E-state index in [1.165, 1.54) is 12.1 Å². The van der Waals surface area contributed by atoms with Crippen LogP contribution in [0.15, 0.2) is 24.3 Å². The molecule has 1 aromatic rings. The van der Waals surface area contributed by atoms with Crippen molar-refractivity contribution in [2.75, 3.05) is 13.2 Å². The second-order valence-electron chi connectivity index (χ2n) is 4.72. The van der Waals surface area contributed by atoms with Crippen molar-refractivity contribution in [2.45, 2.75) is 25.4 Å². The van der Waals surface area contributed by atoms with Crippen molar-refractivity contribution < 1.29 is 22.7 Å². The summed E-state index contributed by atoms with van der Waals surface area (Å²) in [5.74, 6) is 0.0686. The zero-order chi connectivity index (χ0) is 13.9. The first-order chi connectivity index (χ1) is 8.97. The molecule has 1 aliphatic rings. The molecule has 104 valence electrons. The van der Waals surface area contributed by atoms with E-state index in [0.29, 0.717) is 31.6 Å². The van der Waals surface area contributed by atoms with Gasteiger partial charge in [0.2, 0.25) is 0 Å². The molecule has 0 unspecified atom stereocenters. The van der Waals surface area contributed by atoms with Crippen molar-refractivity contribution >= 4 is 5.78 Å². The van der Waals surface area contributed by atoms with Gasteiger partial charge in [-0.05, 0) is 30.5 Å². The molecule has 1 aromatic carbocycles. The number of ether oxygens (including phenoxy) is 1. The fourth-order valence-corrected chi connectivity index (χ4v) is 2.18. The standard InChI is InChI=1S/C14H15F3O2/c15-14(16,17)12-3-1-10(2-4-12)9-13(18)11-5-7-19-8-6-11/h1-4,11H,5-9H2.